The van der Waals surface area contributed by atoms with Crippen molar-refractivity contribution in [3.8, 4) is 0 Å². The van der Waals surface area contributed by atoms with Gasteiger partial charge in [0.15, 0.2) is 9.84 Å². The molecule has 0 heterocycles. The second kappa shape index (κ2) is 6.09. The highest BCUT2D eigenvalue weighted by Crippen LogP contribution is 2.30. The molecule has 118 valence electrons. The first-order valence-corrected chi connectivity index (χ1v) is 9.37. The fraction of sp³-hybridized carbons (Fsp3) is 0.647. The average Bonchev–Trinajstić information content (AvgIpc) is 2.81. The van der Waals surface area contributed by atoms with E-state index in [9.17, 15) is 13.5 Å². The van der Waals surface area contributed by atoms with Gasteiger partial charge in [-0.2, -0.15) is 0 Å². The highest BCUT2D eigenvalue weighted by molar-refractivity contribution is 7.91. The van der Waals surface area contributed by atoms with Crippen LogP contribution in [0.2, 0.25) is 0 Å². The lowest BCUT2D eigenvalue weighted by Gasteiger charge is -2.19. The van der Waals surface area contributed by atoms with Gasteiger partial charge in [0, 0.05) is 0 Å². The highest BCUT2D eigenvalue weighted by Gasteiger charge is 2.27. The van der Waals surface area contributed by atoms with Crippen LogP contribution in [-0.4, -0.2) is 25.4 Å². The number of aliphatic hydroxyl groups excluding tert-OH is 1. The van der Waals surface area contributed by atoms with Gasteiger partial charge in [0.25, 0.3) is 0 Å². The fourth-order valence-electron chi connectivity index (χ4n) is 2.94. The zero-order chi connectivity index (χ0) is 15.7. The van der Waals surface area contributed by atoms with E-state index >= 15 is 0 Å². The van der Waals surface area contributed by atoms with Crippen LogP contribution < -0.4 is 0 Å². The standard InChI is InChI=1S/C17H26O3S/c1-17(2,3)14-7-9-15(10-8-14)21(19,20)12-11-13-5-4-6-16(13)18/h7-10,13,16,18H,4-6,11-12H2,1-3H3. The lowest BCUT2D eigenvalue weighted by molar-refractivity contribution is 0.131. The van der Waals surface area contributed by atoms with Crippen LogP contribution >= 0.6 is 0 Å². The molecule has 1 aromatic rings. The van der Waals surface area contributed by atoms with E-state index in [0.29, 0.717) is 11.3 Å². The molecular formula is C17H26O3S. The van der Waals surface area contributed by atoms with Gasteiger partial charge in [-0.1, -0.05) is 39.3 Å². The molecule has 0 saturated heterocycles. The number of rotatable bonds is 4. The Morgan fingerprint density at radius 3 is 2.24 bits per heavy atom. The summed E-state index contributed by atoms with van der Waals surface area (Å²) in [5.74, 6) is 0.275. The minimum absolute atomic E-state index is 0.0241. The number of hydrogen-bond donors (Lipinski definition) is 1. The second-order valence-corrected chi connectivity index (χ2v) is 9.25. The quantitative estimate of drug-likeness (QED) is 0.928. The minimum Gasteiger partial charge on any atom is -0.393 e. The number of aliphatic hydroxyl groups is 1. The van der Waals surface area contributed by atoms with E-state index in [1.54, 1.807) is 12.1 Å². The SMILES string of the molecule is CC(C)(C)c1ccc(S(=O)(=O)CCC2CCCC2O)cc1. The predicted octanol–water partition coefficient (Wildman–Crippen LogP) is 3.31. The van der Waals surface area contributed by atoms with E-state index in [1.165, 1.54) is 0 Å². The molecule has 0 radical (unpaired) electrons. The first kappa shape index (κ1) is 16.5. The molecule has 0 spiro atoms. The molecule has 1 fully saturated rings. The molecule has 0 aliphatic heterocycles. The van der Waals surface area contributed by atoms with Crippen LogP contribution in [0.5, 0.6) is 0 Å². The third-order valence-corrected chi connectivity index (χ3v) is 6.22. The second-order valence-electron chi connectivity index (χ2n) is 7.14. The van der Waals surface area contributed by atoms with Gasteiger partial charge in [0.05, 0.1) is 16.8 Å². The molecule has 1 aliphatic rings. The molecule has 1 saturated carbocycles. The summed E-state index contributed by atoms with van der Waals surface area (Å²) < 4.78 is 24.7. The van der Waals surface area contributed by atoms with Gasteiger partial charge in [0.1, 0.15) is 0 Å². The zero-order valence-electron chi connectivity index (χ0n) is 13.2. The lowest BCUT2D eigenvalue weighted by Crippen LogP contribution is -2.18. The van der Waals surface area contributed by atoms with Gasteiger partial charge < -0.3 is 5.11 Å². The summed E-state index contributed by atoms with van der Waals surface area (Å²) in [6.07, 6.45) is 3.00. The zero-order valence-corrected chi connectivity index (χ0v) is 14.0. The van der Waals surface area contributed by atoms with Crippen LogP contribution in [0.15, 0.2) is 29.2 Å². The summed E-state index contributed by atoms with van der Waals surface area (Å²) in [7, 11) is -3.24. The molecular weight excluding hydrogens is 284 g/mol. The van der Waals surface area contributed by atoms with Gasteiger partial charge in [-0.3, -0.25) is 0 Å². The molecule has 0 aromatic heterocycles. The smallest absolute Gasteiger partial charge is 0.178 e. The fourth-order valence-corrected chi connectivity index (χ4v) is 4.34. The summed E-state index contributed by atoms with van der Waals surface area (Å²) in [5, 5.41) is 9.79. The lowest BCUT2D eigenvalue weighted by atomic mass is 9.87. The summed E-state index contributed by atoms with van der Waals surface area (Å²) in [5.41, 5.74) is 1.16. The van der Waals surface area contributed by atoms with Crippen LogP contribution in [0.25, 0.3) is 0 Å². The van der Waals surface area contributed by atoms with Crippen molar-refractivity contribution in [2.45, 2.75) is 62.9 Å². The van der Waals surface area contributed by atoms with Crippen molar-refractivity contribution in [3.63, 3.8) is 0 Å². The molecule has 3 nitrogen and oxygen atoms in total. The molecule has 1 aliphatic carbocycles. The molecule has 1 aromatic carbocycles. The molecule has 2 atom stereocenters. The van der Waals surface area contributed by atoms with Crippen LogP contribution in [-0.2, 0) is 15.3 Å². The van der Waals surface area contributed by atoms with Gasteiger partial charge in [-0.15, -0.1) is 0 Å². The Kier molecular flexibility index (Phi) is 4.79. The summed E-state index contributed by atoms with van der Waals surface area (Å²) in [6, 6.07) is 7.22. The van der Waals surface area contributed by atoms with E-state index in [4.69, 9.17) is 0 Å². The van der Waals surface area contributed by atoms with Crippen LogP contribution in [0.4, 0.5) is 0 Å². The molecule has 0 bridgehead atoms. The van der Waals surface area contributed by atoms with Crippen LogP contribution in [0.1, 0.15) is 52.0 Å². The minimum atomic E-state index is -3.24. The normalized spacial score (nSPS) is 23.4. The Morgan fingerprint density at radius 1 is 1.14 bits per heavy atom. The third-order valence-electron chi connectivity index (χ3n) is 4.46. The topological polar surface area (TPSA) is 54.4 Å². The Morgan fingerprint density at radius 2 is 1.76 bits per heavy atom. The van der Waals surface area contributed by atoms with Crippen molar-refractivity contribution in [3.05, 3.63) is 29.8 Å². The van der Waals surface area contributed by atoms with Crippen molar-refractivity contribution in [1.82, 2.24) is 0 Å². The molecule has 21 heavy (non-hydrogen) atoms. The Labute approximate surface area is 128 Å². The monoisotopic (exact) mass is 310 g/mol. The van der Waals surface area contributed by atoms with Crippen LogP contribution in [0.3, 0.4) is 0 Å². The molecule has 4 heteroatoms. The third kappa shape index (κ3) is 4.07. The maximum Gasteiger partial charge on any atom is 0.178 e. The molecule has 2 rings (SSSR count). The summed E-state index contributed by atoms with van der Waals surface area (Å²) in [6.45, 7) is 6.33. The molecule has 2 unspecified atom stereocenters. The summed E-state index contributed by atoms with van der Waals surface area (Å²) >= 11 is 0. The predicted molar refractivity (Wildman–Crippen MR) is 85.2 cm³/mol. The Hall–Kier alpha value is -0.870. The largest absolute Gasteiger partial charge is 0.393 e. The van der Waals surface area contributed by atoms with Crippen molar-refractivity contribution in [2.75, 3.05) is 5.75 Å². The van der Waals surface area contributed by atoms with Gasteiger partial charge in [-0.05, 0) is 48.3 Å². The number of sulfone groups is 1. The maximum absolute atomic E-state index is 12.4. The maximum atomic E-state index is 12.4. The van der Waals surface area contributed by atoms with Crippen molar-refractivity contribution in [2.24, 2.45) is 5.92 Å². The first-order valence-electron chi connectivity index (χ1n) is 7.71. The van der Waals surface area contributed by atoms with Gasteiger partial charge >= 0.3 is 0 Å². The van der Waals surface area contributed by atoms with Crippen LogP contribution in [0, 0.1) is 5.92 Å². The van der Waals surface area contributed by atoms with E-state index in [0.717, 1.165) is 24.8 Å². The summed E-state index contributed by atoms with van der Waals surface area (Å²) in [4.78, 5) is 0.392. The average molecular weight is 310 g/mol. The van der Waals surface area contributed by atoms with E-state index in [2.05, 4.69) is 20.8 Å². The highest BCUT2D eigenvalue weighted by atomic mass is 32.2. The van der Waals surface area contributed by atoms with E-state index < -0.39 is 9.84 Å². The van der Waals surface area contributed by atoms with Crippen molar-refractivity contribution < 1.29 is 13.5 Å². The molecule has 0 amide bonds. The van der Waals surface area contributed by atoms with Gasteiger partial charge in [0.2, 0.25) is 0 Å². The molecule has 1 N–H and O–H groups in total. The first-order chi connectivity index (χ1) is 9.70. The van der Waals surface area contributed by atoms with Gasteiger partial charge in [-0.25, -0.2) is 8.42 Å². The number of benzene rings is 1. The van der Waals surface area contributed by atoms with Crippen molar-refractivity contribution >= 4 is 9.84 Å². The Bertz CT molecular complexity index is 567. The van der Waals surface area contributed by atoms with E-state index in [-0.39, 0.29) is 23.2 Å². The Balaban J connectivity index is 2.05. The number of hydrogen-bond acceptors (Lipinski definition) is 3. The van der Waals surface area contributed by atoms with Crippen molar-refractivity contribution in [1.29, 1.82) is 0 Å². The van der Waals surface area contributed by atoms with E-state index in [1.807, 2.05) is 12.1 Å².